The number of carbonyl (C=O) groups is 2. The van der Waals surface area contributed by atoms with Gasteiger partial charge in [-0.1, -0.05) is 46.7 Å². The van der Waals surface area contributed by atoms with Crippen LogP contribution in [0.25, 0.3) is 11.2 Å². The fourth-order valence-corrected chi connectivity index (χ4v) is 5.00. The molecule has 0 bridgehead atoms. The smallest absolute Gasteiger partial charge is 0.333 e. The van der Waals surface area contributed by atoms with Crippen LogP contribution in [0.3, 0.4) is 0 Å². The van der Waals surface area contributed by atoms with E-state index in [1.165, 1.54) is 23.4 Å². The van der Waals surface area contributed by atoms with Gasteiger partial charge >= 0.3 is 17.6 Å². The minimum atomic E-state index is -0.688. The molecule has 0 amide bonds. The number of esters is 2. The summed E-state index contributed by atoms with van der Waals surface area (Å²) >= 11 is 4.63. The lowest BCUT2D eigenvalue weighted by Crippen LogP contribution is -2.41. The quantitative estimate of drug-likeness (QED) is 0.272. The summed E-state index contributed by atoms with van der Waals surface area (Å²) in [5.41, 5.74) is -0.157. The van der Waals surface area contributed by atoms with Gasteiger partial charge in [-0.2, -0.15) is 0 Å². The van der Waals surface area contributed by atoms with Gasteiger partial charge in [-0.05, 0) is 38.0 Å². The number of rotatable bonds is 10. The van der Waals surface area contributed by atoms with Gasteiger partial charge in [-0.3, -0.25) is 19.0 Å². The first-order valence-electron chi connectivity index (χ1n) is 11.1. The second-order valence-corrected chi connectivity index (χ2v) is 9.67. The number of hydrogen-bond acceptors (Lipinski definition) is 8. The van der Waals surface area contributed by atoms with Gasteiger partial charge in [-0.25, -0.2) is 14.3 Å². The van der Waals surface area contributed by atoms with Crippen LogP contribution in [0, 0.1) is 0 Å². The molecule has 3 rings (SSSR count). The number of aromatic nitrogens is 4. The number of hydrogen-bond donors (Lipinski definition) is 0. The lowest BCUT2D eigenvalue weighted by Gasteiger charge is -2.14. The van der Waals surface area contributed by atoms with E-state index in [9.17, 15) is 19.2 Å². The third-order valence-corrected chi connectivity index (χ3v) is 7.01. The molecule has 0 aliphatic heterocycles. The molecule has 0 N–H and O–H groups in total. The molecule has 3 aromatic rings. The molecule has 1 atom stereocenters. The van der Waals surface area contributed by atoms with Crippen LogP contribution < -0.4 is 11.2 Å². The van der Waals surface area contributed by atoms with Crippen molar-refractivity contribution >= 4 is 50.8 Å². The Labute approximate surface area is 214 Å². The van der Waals surface area contributed by atoms with Gasteiger partial charge in [-0.15, -0.1) is 0 Å². The number of ether oxygens (including phenoxy) is 2. The van der Waals surface area contributed by atoms with Gasteiger partial charge < -0.3 is 14.0 Å². The Bertz CT molecular complexity index is 1360. The highest BCUT2D eigenvalue weighted by molar-refractivity contribution is 9.10. The molecule has 35 heavy (non-hydrogen) atoms. The van der Waals surface area contributed by atoms with Crippen molar-refractivity contribution in [1.82, 2.24) is 18.7 Å². The van der Waals surface area contributed by atoms with Crippen molar-refractivity contribution in [3.8, 4) is 0 Å². The maximum Gasteiger partial charge on any atom is 0.333 e. The Balaban J connectivity index is 2.23. The molecule has 0 radical (unpaired) electrons. The normalized spacial score (nSPS) is 12.0. The maximum atomic E-state index is 13.5. The van der Waals surface area contributed by atoms with E-state index in [0.29, 0.717) is 11.6 Å². The standard InChI is InChI=1S/C23H27BrN4O6S/c1-5-16(21(31)34-7-3)35-22-25-19-18(27(22)12-14-9-8-10-15(24)11-14)20(30)28(23(32)26(19)4)13-17(29)33-6-2/h8-11,16H,5-7,12-13H2,1-4H3. The van der Waals surface area contributed by atoms with Crippen molar-refractivity contribution in [2.45, 2.75) is 50.7 Å². The summed E-state index contributed by atoms with van der Waals surface area (Å²) in [4.78, 5) is 55.6. The number of benzene rings is 1. The molecule has 0 aliphatic carbocycles. The third kappa shape index (κ3) is 5.87. The van der Waals surface area contributed by atoms with E-state index >= 15 is 0 Å². The molecular formula is C23H27BrN4O6S. The zero-order chi connectivity index (χ0) is 25.7. The van der Waals surface area contributed by atoms with Crippen molar-refractivity contribution < 1.29 is 19.1 Å². The average Bonchev–Trinajstić information content (AvgIpc) is 3.17. The van der Waals surface area contributed by atoms with Gasteiger partial charge in [0.15, 0.2) is 16.3 Å². The Hall–Kier alpha value is -2.86. The van der Waals surface area contributed by atoms with Crippen LogP contribution in [0.2, 0.25) is 0 Å². The minimum absolute atomic E-state index is 0.129. The minimum Gasteiger partial charge on any atom is -0.465 e. The molecule has 188 valence electrons. The molecule has 0 fully saturated rings. The van der Waals surface area contributed by atoms with Crippen LogP contribution in [0.15, 0.2) is 43.5 Å². The van der Waals surface area contributed by atoms with Crippen molar-refractivity contribution in [1.29, 1.82) is 0 Å². The van der Waals surface area contributed by atoms with E-state index in [1.807, 2.05) is 31.2 Å². The number of fused-ring (bicyclic) bond motifs is 1. The van der Waals surface area contributed by atoms with Crippen molar-refractivity contribution in [2.24, 2.45) is 7.05 Å². The molecule has 0 aliphatic rings. The van der Waals surface area contributed by atoms with Gasteiger partial charge in [0.2, 0.25) is 0 Å². The molecule has 1 aromatic carbocycles. The van der Waals surface area contributed by atoms with Crippen LogP contribution >= 0.6 is 27.7 Å². The molecule has 0 spiro atoms. The van der Waals surface area contributed by atoms with Crippen molar-refractivity contribution in [3.05, 3.63) is 55.1 Å². The van der Waals surface area contributed by atoms with Crippen LogP contribution in [0.1, 0.15) is 32.8 Å². The largest absolute Gasteiger partial charge is 0.465 e. The van der Waals surface area contributed by atoms with Crippen molar-refractivity contribution in [2.75, 3.05) is 13.2 Å². The van der Waals surface area contributed by atoms with Gasteiger partial charge in [0, 0.05) is 11.5 Å². The zero-order valence-corrected chi connectivity index (χ0v) is 22.3. The fraction of sp³-hybridized carbons (Fsp3) is 0.435. The van der Waals surface area contributed by atoms with E-state index in [0.717, 1.165) is 14.6 Å². The lowest BCUT2D eigenvalue weighted by molar-refractivity contribution is -0.144. The van der Waals surface area contributed by atoms with E-state index in [2.05, 4.69) is 20.9 Å². The van der Waals surface area contributed by atoms with Crippen molar-refractivity contribution in [3.63, 3.8) is 0 Å². The highest BCUT2D eigenvalue weighted by atomic mass is 79.9. The Morgan fingerprint density at radius 2 is 1.83 bits per heavy atom. The summed E-state index contributed by atoms with van der Waals surface area (Å²) in [5, 5.41) is -0.160. The van der Waals surface area contributed by atoms with Gasteiger partial charge in [0.25, 0.3) is 5.56 Å². The molecule has 1 unspecified atom stereocenters. The fourth-order valence-electron chi connectivity index (χ4n) is 3.54. The first-order valence-corrected chi connectivity index (χ1v) is 12.8. The molecule has 10 nitrogen and oxygen atoms in total. The zero-order valence-electron chi connectivity index (χ0n) is 19.9. The summed E-state index contributed by atoms with van der Waals surface area (Å²) in [5.74, 6) is -1.07. The summed E-state index contributed by atoms with van der Waals surface area (Å²) in [6, 6.07) is 7.55. The van der Waals surface area contributed by atoms with Crippen LogP contribution in [0.5, 0.6) is 0 Å². The molecule has 2 aromatic heterocycles. The molecule has 2 heterocycles. The van der Waals surface area contributed by atoms with Gasteiger partial charge in [0.1, 0.15) is 11.8 Å². The highest BCUT2D eigenvalue weighted by Gasteiger charge is 2.26. The second-order valence-electron chi connectivity index (χ2n) is 7.59. The first-order chi connectivity index (χ1) is 16.7. The summed E-state index contributed by atoms with van der Waals surface area (Å²) < 4.78 is 14.7. The number of imidazole rings is 1. The molecular weight excluding hydrogens is 540 g/mol. The Morgan fingerprint density at radius 3 is 2.46 bits per heavy atom. The van der Waals surface area contributed by atoms with E-state index in [4.69, 9.17) is 9.47 Å². The topological polar surface area (TPSA) is 114 Å². The SMILES string of the molecule is CCOC(=O)Cn1c(=O)c2c(nc(SC(CC)C(=O)OCC)n2Cc2cccc(Br)c2)n(C)c1=O. The third-order valence-electron chi connectivity index (χ3n) is 5.19. The average molecular weight is 567 g/mol. The number of aryl methyl sites for hydroxylation is 1. The lowest BCUT2D eigenvalue weighted by atomic mass is 10.2. The number of halogens is 1. The number of thioether (sulfide) groups is 1. The predicted molar refractivity (Wildman–Crippen MR) is 136 cm³/mol. The summed E-state index contributed by atoms with van der Waals surface area (Å²) in [6.45, 7) is 5.36. The van der Waals surface area contributed by atoms with Crippen LogP contribution in [0.4, 0.5) is 0 Å². The van der Waals surface area contributed by atoms with E-state index in [1.54, 1.807) is 18.4 Å². The van der Waals surface area contributed by atoms with E-state index < -0.39 is 29.0 Å². The maximum absolute atomic E-state index is 13.5. The Morgan fingerprint density at radius 1 is 1.11 bits per heavy atom. The molecule has 12 heteroatoms. The number of carbonyl (C=O) groups excluding carboxylic acids is 2. The molecule has 0 saturated carbocycles. The Kier molecular flexibility index (Phi) is 8.95. The highest BCUT2D eigenvalue weighted by Crippen LogP contribution is 2.29. The summed E-state index contributed by atoms with van der Waals surface area (Å²) in [6.07, 6.45) is 0.482. The first kappa shape index (κ1) is 26.7. The van der Waals surface area contributed by atoms with Crippen LogP contribution in [-0.4, -0.2) is 49.1 Å². The monoisotopic (exact) mass is 566 g/mol. The number of nitrogens with zero attached hydrogens (tertiary/aromatic N) is 4. The van der Waals surface area contributed by atoms with Crippen LogP contribution in [-0.2, 0) is 39.2 Å². The summed E-state index contributed by atoms with van der Waals surface area (Å²) in [7, 11) is 1.49. The second kappa shape index (κ2) is 11.7. The molecule has 0 saturated heterocycles. The van der Waals surface area contributed by atoms with Gasteiger partial charge in [0.05, 0.1) is 19.8 Å². The predicted octanol–water partition coefficient (Wildman–Crippen LogP) is 2.70. The van der Waals surface area contributed by atoms with E-state index in [-0.39, 0.29) is 36.9 Å².